The van der Waals surface area contributed by atoms with Crippen molar-refractivity contribution in [1.82, 2.24) is 20.2 Å². The quantitative estimate of drug-likeness (QED) is 0.142. The minimum atomic E-state index is -0.485. The van der Waals surface area contributed by atoms with Crippen LogP contribution in [0.5, 0.6) is 0 Å². The molecule has 1 amide bonds. The first-order valence-electron chi connectivity index (χ1n) is 10.1. The highest BCUT2D eigenvalue weighted by molar-refractivity contribution is 7.99. The fourth-order valence-electron chi connectivity index (χ4n) is 3.00. The van der Waals surface area contributed by atoms with Crippen LogP contribution in [0.25, 0.3) is 17.1 Å². The van der Waals surface area contributed by atoms with Crippen LogP contribution in [0.4, 0.5) is 5.69 Å². The van der Waals surface area contributed by atoms with Crippen LogP contribution >= 0.6 is 35.0 Å². The number of carbonyl (C=O) groups excluding carboxylic acids is 1. The third-order valence-electron chi connectivity index (χ3n) is 4.66. The molecule has 9 nitrogen and oxygen atoms in total. The molecule has 0 unspecified atom stereocenters. The van der Waals surface area contributed by atoms with E-state index in [1.54, 1.807) is 24.3 Å². The van der Waals surface area contributed by atoms with Gasteiger partial charge in [-0.25, -0.2) is 5.43 Å². The number of hydrogen-bond donors (Lipinski definition) is 1. The SMILES string of the molecule is O=C(CSc1nnc(-c2ccc(Cl)cc2)n1-c1ccc(Cl)cc1)NN=Cc1ccc([N+](=O)[O-])cc1. The van der Waals surface area contributed by atoms with Crippen molar-refractivity contribution in [3.8, 4) is 17.1 Å². The van der Waals surface area contributed by atoms with E-state index in [0.717, 1.165) is 11.3 Å². The third-order valence-corrected chi connectivity index (χ3v) is 6.09. The zero-order valence-corrected chi connectivity index (χ0v) is 20.2. The molecule has 12 heteroatoms. The molecule has 35 heavy (non-hydrogen) atoms. The largest absolute Gasteiger partial charge is 0.272 e. The lowest BCUT2D eigenvalue weighted by molar-refractivity contribution is -0.384. The molecular weight excluding hydrogens is 511 g/mol. The average Bonchev–Trinajstić information content (AvgIpc) is 3.28. The van der Waals surface area contributed by atoms with E-state index in [4.69, 9.17) is 23.2 Å². The Morgan fingerprint density at radius 1 is 1.00 bits per heavy atom. The molecule has 3 aromatic carbocycles. The Morgan fingerprint density at radius 3 is 2.26 bits per heavy atom. The molecule has 0 radical (unpaired) electrons. The summed E-state index contributed by atoms with van der Waals surface area (Å²) < 4.78 is 1.83. The molecule has 1 N–H and O–H groups in total. The fourth-order valence-corrected chi connectivity index (χ4v) is 3.99. The van der Waals surface area contributed by atoms with Crippen molar-refractivity contribution in [3.63, 3.8) is 0 Å². The number of aromatic nitrogens is 3. The van der Waals surface area contributed by atoms with Gasteiger partial charge in [0.2, 0.25) is 0 Å². The number of nitrogens with zero attached hydrogens (tertiary/aromatic N) is 5. The maximum Gasteiger partial charge on any atom is 0.269 e. The number of nitro benzene ring substituents is 1. The summed E-state index contributed by atoms with van der Waals surface area (Å²) in [7, 11) is 0. The Hall–Kier alpha value is -3.73. The van der Waals surface area contributed by atoms with E-state index in [1.807, 2.05) is 28.8 Å². The number of hydrazone groups is 1. The molecule has 0 atom stereocenters. The topological polar surface area (TPSA) is 115 Å². The van der Waals surface area contributed by atoms with Crippen LogP contribution in [0.2, 0.25) is 10.0 Å². The Bertz CT molecular complexity index is 1370. The lowest BCUT2D eigenvalue weighted by Gasteiger charge is -2.10. The van der Waals surface area contributed by atoms with E-state index in [9.17, 15) is 14.9 Å². The maximum atomic E-state index is 12.3. The molecule has 0 aliphatic carbocycles. The Kier molecular flexibility index (Phi) is 7.76. The van der Waals surface area contributed by atoms with E-state index < -0.39 is 4.92 Å². The van der Waals surface area contributed by atoms with Gasteiger partial charge in [0.25, 0.3) is 11.6 Å². The number of nitrogens with one attached hydrogen (secondary N) is 1. The summed E-state index contributed by atoms with van der Waals surface area (Å²) >= 11 is 13.3. The summed E-state index contributed by atoms with van der Waals surface area (Å²) in [5.41, 5.74) is 4.61. The standard InChI is InChI=1S/C23H16Cl2N6O3S/c24-17-5-3-16(4-6-17)22-28-29-23(30(22)19-11-7-18(25)8-12-19)35-14-21(32)27-26-13-15-1-9-20(10-2-15)31(33)34/h1-13H,14H2,(H,27,32). The molecule has 0 fully saturated rings. The minimum Gasteiger partial charge on any atom is -0.272 e. The number of carbonyl (C=O) groups is 1. The Morgan fingerprint density at radius 2 is 1.63 bits per heavy atom. The molecule has 0 saturated heterocycles. The number of nitro groups is 1. The second-order valence-corrected chi connectivity index (χ2v) is 8.87. The number of non-ortho nitro benzene ring substituents is 1. The lowest BCUT2D eigenvalue weighted by atomic mass is 10.2. The summed E-state index contributed by atoms with van der Waals surface area (Å²) in [5, 5.41) is 24.9. The van der Waals surface area contributed by atoms with Crippen LogP contribution in [0.3, 0.4) is 0 Å². The molecule has 1 heterocycles. The zero-order chi connectivity index (χ0) is 24.8. The highest BCUT2D eigenvalue weighted by atomic mass is 35.5. The van der Waals surface area contributed by atoms with Gasteiger partial charge in [0.15, 0.2) is 11.0 Å². The molecule has 4 aromatic rings. The fraction of sp³-hybridized carbons (Fsp3) is 0.0435. The van der Waals surface area contributed by atoms with Gasteiger partial charge in [0, 0.05) is 33.4 Å². The number of hydrogen-bond acceptors (Lipinski definition) is 7. The van der Waals surface area contributed by atoms with Crippen LogP contribution in [-0.2, 0) is 4.79 Å². The van der Waals surface area contributed by atoms with Gasteiger partial charge in [-0.05, 0) is 66.2 Å². The molecule has 0 bridgehead atoms. The van der Waals surface area contributed by atoms with Crippen molar-refractivity contribution < 1.29 is 9.72 Å². The summed E-state index contributed by atoms with van der Waals surface area (Å²) in [5.74, 6) is 0.263. The predicted molar refractivity (Wildman–Crippen MR) is 136 cm³/mol. The van der Waals surface area contributed by atoms with Crippen molar-refractivity contribution in [3.05, 3.63) is 98.5 Å². The van der Waals surface area contributed by atoms with E-state index >= 15 is 0 Å². The van der Waals surface area contributed by atoms with Gasteiger partial charge in [-0.15, -0.1) is 10.2 Å². The molecule has 0 aliphatic heterocycles. The summed E-state index contributed by atoms with van der Waals surface area (Å²) in [4.78, 5) is 22.6. The monoisotopic (exact) mass is 526 g/mol. The number of amides is 1. The van der Waals surface area contributed by atoms with Crippen molar-refractivity contribution in [1.29, 1.82) is 0 Å². The summed E-state index contributed by atoms with van der Waals surface area (Å²) in [6.45, 7) is 0. The summed E-state index contributed by atoms with van der Waals surface area (Å²) in [6, 6.07) is 20.2. The molecular formula is C23H16Cl2N6O3S. The lowest BCUT2D eigenvalue weighted by Crippen LogP contribution is -2.20. The minimum absolute atomic E-state index is 0.0228. The van der Waals surface area contributed by atoms with Gasteiger partial charge in [-0.3, -0.25) is 19.5 Å². The van der Waals surface area contributed by atoms with Gasteiger partial charge >= 0.3 is 0 Å². The van der Waals surface area contributed by atoms with E-state index in [0.29, 0.717) is 26.6 Å². The predicted octanol–water partition coefficient (Wildman–Crippen LogP) is 5.39. The van der Waals surface area contributed by atoms with E-state index in [2.05, 4.69) is 20.7 Å². The van der Waals surface area contributed by atoms with Crippen LogP contribution in [0.1, 0.15) is 5.56 Å². The highest BCUT2D eigenvalue weighted by Gasteiger charge is 2.17. The van der Waals surface area contributed by atoms with E-state index in [1.165, 1.54) is 42.2 Å². The Labute approximate surface area is 213 Å². The zero-order valence-electron chi connectivity index (χ0n) is 17.8. The van der Waals surface area contributed by atoms with Crippen LogP contribution in [0.15, 0.2) is 83.1 Å². The van der Waals surface area contributed by atoms with Gasteiger partial charge in [-0.1, -0.05) is 35.0 Å². The number of halogens is 2. The van der Waals surface area contributed by atoms with Gasteiger partial charge in [-0.2, -0.15) is 5.10 Å². The molecule has 0 aliphatic rings. The second-order valence-electron chi connectivity index (χ2n) is 7.06. The maximum absolute atomic E-state index is 12.3. The highest BCUT2D eigenvalue weighted by Crippen LogP contribution is 2.29. The number of benzene rings is 3. The van der Waals surface area contributed by atoms with Crippen LogP contribution in [0, 0.1) is 10.1 Å². The van der Waals surface area contributed by atoms with Gasteiger partial charge in [0.05, 0.1) is 16.9 Å². The first-order chi connectivity index (χ1) is 16.9. The Balaban J connectivity index is 1.47. The van der Waals surface area contributed by atoms with Crippen molar-refractivity contribution in [2.24, 2.45) is 5.10 Å². The van der Waals surface area contributed by atoms with E-state index in [-0.39, 0.29) is 17.3 Å². The normalized spacial score (nSPS) is 11.0. The number of thioether (sulfide) groups is 1. The van der Waals surface area contributed by atoms with Crippen LogP contribution in [-0.4, -0.2) is 37.6 Å². The number of rotatable bonds is 8. The van der Waals surface area contributed by atoms with Gasteiger partial charge in [0.1, 0.15) is 0 Å². The summed E-state index contributed by atoms with van der Waals surface area (Å²) in [6.07, 6.45) is 1.40. The third kappa shape index (κ3) is 6.24. The second kappa shape index (κ2) is 11.1. The first-order valence-corrected chi connectivity index (χ1v) is 11.8. The van der Waals surface area contributed by atoms with Crippen molar-refractivity contribution in [2.75, 3.05) is 5.75 Å². The van der Waals surface area contributed by atoms with Crippen molar-refractivity contribution in [2.45, 2.75) is 5.16 Å². The molecule has 1 aromatic heterocycles. The average molecular weight is 527 g/mol. The van der Waals surface area contributed by atoms with Crippen molar-refractivity contribution >= 4 is 52.8 Å². The molecule has 0 spiro atoms. The first kappa shape index (κ1) is 24.4. The molecule has 4 rings (SSSR count). The van der Waals surface area contributed by atoms with Gasteiger partial charge < -0.3 is 0 Å². The van der Waals surface area contributed by atoms with Crippen LogP contribution < -0.4 is 5.43 Å². The molecule has 176 valence electrons. The smallest absolute Gasteiger partial charge is 0.269 e. The molecule has 0 saturated carbocycles.